The van der Waals surface area contributed by atoms with Gasteiger partial charge in [-0.05, 0) is 30.5 Å². The van der Waals surface area contributed by atoms with Crippen molar-refractivity contribution in [3.63, 3.8) is 0 Å². The van der Waals surface area contributed by atoms with Crippen LogP contribution in [0.25, 0.3) is 0 Å². The average molecular weight is 332 g/mol. The summed E-state index contributed by atoms with van der Waals surface area (Å²) < 4.78 is 5.33. The fourth-order valence-electron chi connectivity index (χ4n) is 2.41. The summed E-state index contributed by atoms with van der Waals surface area (Å²) in [7, 11) is 0. The molecule has 1 atom stereocenters. The fraction of sp³-hybridized carbons (Fsp3) is 0.375. The minimum atomic E-state index is -0.230. The van der Waals surface area contributed by atoms with Gasteiger partial charge < -0.3 is 20.3 Å². The maximum atomic E-state index is 12.0. The minimum Gasteiger partial charge on any atom is -0.378 e. The van der Waals surface area contributed by atoms with Crippen molar-refractivity contribution in [2.45, 2.75) is 13.0 Å². The Hall–Kier alpha value is -2.12. The summed E-state index contributed by atoms with van der Waals surface area (Å²) in [5.41, 5.74) is 0.679. The van der Waals surface area contributed by atoms with Crippen LogP contribution >= 0.6 is 11.3 Å². The van der Waals surface area contributed by atoms with Crippen molar-refractivity contribution in [3.8, 4) is 0 Å². The molecule has 122 valence electrons. The Balaban J connectivity index is 1.54. The first-order valence-corrected chi connectivity index (χ1v) is 8.50. The lowest BCUT2D eigenvalue weighted by Crippen LogP contribution is -2.36. The van der Waals surface area contributed by atoms with Crippen molar-refractivity contribution >= 4 is 28.9 Å². The molecule has 1 aliphatic rings. The zero-order valence-electron chi connectivity index (χ0n) is 13.0. The SMILES string of the molecule is C[C@H](NC(=O)Nc1ccc(N2CCOCC2)nc1)c1cccs1. The molecular formula is C16H20N4O2S. The zero-order chi connectivity index (χ0) is 16.1. The third-order valence-corrected chi connectivity index (χ3v) is 4.71. The van der Waals surface area contributed by atoms with Crippen molar-refractivity contribution in [2.24, 2.45) is 0 Å². The topological polar surface area (TPSA) is 66.5 Å². The number of nitrogens with one attached hydrogen (secondary N) is 2. The molecule has 0 unspecified atom stereocenters. The molecule has 2 aromatic heterocycles. The molecule has 2 aromatic rings. The summed E-state index contributed by atoms with van der Waals surface area (Å²) in [6.45, 7) is 5.11. The predicted molar refractivity (Wildman–Crippen MR) is 92.2 cm³/mol. The predicted octanol–water partition coefficient (Wildman–Crippen LogP) is 2.86. The normalized spacial score (nSPS) is 16.0. The van der Waals surface area contributed by atoms with Gasteiger partial charge in [-0.15, -0.1) is 11.3 Å². The molecule has 0 spiro atoms. The Bertz CT molecular complexity index is 624. The van der Waals surface area contributed by atoms with Gasteiger partial charge in [0.1, 0.15) is 5.82 Å². The second kappa shape index (κ2) is 7.43. The molecule has 0 radical (unpaired) electrons. The molecule has 6 nitrogen and oxygen atoms in total. The summed E-state index contributed by atoms with van der Waals surface area (Å²) in [6, 6.07) is 7.53. The van der Waals surface area contributed by atoms with Crippen LogP contribution in [0.1, 0.15) is 17.8 Å². The van der Waals surface area contributed by atoms with Crippen molar-refractivity contribution in [3.05, 3.63) is 40.7 Å². The van der Waals surface area contributed by atoms with Gasteiger partial charge in [-0.25, -0.2) is 9.78 Å². The average Bonchev–Trinajstić information content (AvgIpc) is 3.11. The van der Waals surface area contributed by atoms with Gasteiger partial charge in [-0.1, -0.05) is 6.07 Å². The van der Waals surface area contributed by atoms with E-state index in [4.69, 9.17) is 4.74 Å². The number of carbonyl (C=O) groups excluding carboxylic acids is 1. The lowest BCUT2D eigenvalue weighted by molar-refractivity contribution is 0.122. The standard InChI is InChI=1S/C16H20N4O2S/c1-12(14-3-2-10-23-14)18-16(21)19-13-4-5-15(17-11-13)20-6-8-22-9-7-20/h2-5,10-12H,6-9H2,1H3,(H2,18,19,21)/t12-/m0/s1. The van der Waals surface area contributed by atoms with E-state index in [2.05, 4.69) is 20.5 Å². The van der Waals surface area contributed by atoms with Crippen molar-refractivity contribution in [1.82, 2.24) is 10.3 Å². The molecule has 0 saturated carbocycles. The van der Waals surface area contributed by atoms with E-state index in [1.54, 1.807) is 17.5 Å². The number of hydrogen-bond acceptors (Lipinski definition) is 5. The molecule has 0 bridgehead atoms. The molecule has 0 aliphatic carbocycles. The lowest BCUT2D eigenvalue weighted by Gasteiger charge is -2.27. The van der Waals surface area contributed by atoms with Gasteiger partial charge in [0.2, 0.25) is 0 Å². The number of urea groups is 1. The van der Waals surface area contributed by atoms with Crippen molar-refractivity contribution in [1.29, 1.82) is 0 Å². The smallest absolute Gasteiger partial charge is 0.319 e. The quantitative estimate of drug-likeness (QED) is 0.903. The van der Waals surface area contributed by atoms with E-state index in [0.717, 1.165) is 37.0 Å². The van der Waals surface area contributed by atoms with Gasteiger partial charge in [-0.3, -0.25) is 0 Å². The Morgan fingerprint density at radius 1 is 1.35 bits per heavy atom. The van der Waals surface area contributed by atoms with E-state index >= 15 is 0 Å². The van der Waals surface area contributed by atoms with Crippen LogP contribution in [0.5, 0.6) is 0 Å². The molecule has 1 aliphatic heterocycles. The number of thiophene rings is 1. The van der Waals surface area contributed by atoms with E-state index < -0.39 is 0 Å². The third-order valence-electron chi connectivity index (χ3n) is 3.66. The first-order chi connectivity index (χ1) is 11.2. The molecule has 2 amide bonds. The van der Waals surface area contributed by atoms with Crippen LogP contribution in [0, 0.1) is 0 Å². The highest BCUT2D eigenvalue weighted by Crippen LogP contribution is 2.19. The number of pyridine rings is 1. The highest BCUT2D eigenvalue weighted by molar-refractivity contribution is 7.10. The number of aromatic nitrogens is 1. The molecule has 0 aromatic carbocycles. The Morgan fingerprint density at radius 2 is 2.17 bits per heavy atom. The van der Waals surface area contributed by atoms with Crippen LogP contribution in [-0.4, -0.2) is 37.3 Å². The van der Waals surface area contributed by atoms with Gasteiger partial charge in [0.05, 0.1) is 31.1 Å². The van der Waals surface area contributed by atoms with Crippen LogP contribution in [0.4, 0.5) is 16.3 Å². The van der Waals surface area contributed by atoms with E-state index in [1.807, 2.05) is 36.6 Å². The number of ether oxygens (including phenoxy) is 1. The molecular weight excluding hydrogens is 312 g/mol. The van der Waals surface area contributed by atoms with Gasteiger partial charge >= 0.3 is 6.03 Å². The van der Waals surface area contributed by atoms with Crippen LogP contribution in [0.3, 0.4) is 0 Å². The van der Waals surface area contributed by atoms with Crippen LogP contribution in [0.15, 0.2) is 35.8 Å². The van der Waals surface area contributed by atoms with Crippen LogP contribution in [0.2, 0.25) is 0 Å². The second-order valence-corrected chi connectivity index (χ2v) is 6.32. The van der Waals surface area contributed by atoms with E-state index in [0.29, 0.717) is 5.69 Å². The largest absolute Gasteiger partial charge is 0.378 e. The molecule has 1 saturated heterocycles. The highest BCUT2D eigenvalue weighted by atomic mass is 32.1. The van der Waals surface area contributed by atoms with Gasteiger partial charge in [0.25, 0.3) is 0 Å². The fourth-order valence-corrected chi connectivity index (χ4v) is 3.15. The number of anilines is 2. The van der Waals surface area contributed by atoms with Crippen molar-refractivity contribution in [2.75, 3.05) is 36.5 Å². The Morgan fingerprint density at radius 3 is 2.83 bits per heavy atom. The van der Waals surface area contributed by atoms with Crippen molar-refractivity contribution < 1.29 is 9.53 Å². The minimum absolute atomic E-state index is 0.0180. The Kier molecular flexibility index (Phi) is 5.09. The van der Waals surface area contributed by atoms with Gasteiger partial charge in [0, 0.05) is 18.0 Å². The zero-order valence-corrected chi connectivity index (χ0v) is 13.8. The molecule has 1 fully saturated rings. The number of hydrogen-bond donors (Lipinski definition) is 2. The first-order valence-electron chi connectivity index (χ1n) is 7.62. The number of carbonyl (C=O) groups is 1. The van der Waals surface area contributed by atoms with E-state index in [9.17, 15) is 4.79 Å². The maximum Gasteiger partial charge on any atom is 0.319 e. The maximum absolute atomic E-state index is 12.0. The molecule has 2 N–H and O–H groups in total. The van der Waals surface area contributed by atoms with Gasteiger partial charge in [0.15, 0.2) is 0 Å². The number of nitrogens with zero attached hydrogens (tertiary/aromatic N) is 2. The Labute approximate surface area is 139 Å². The van der Waals surface area contributed by atoms with E-state index in [-0.39, 0.29) is 12.1 Å². The summed E-state index contributed by atoms with van der Waals surface area (Å²) in [5.74, 6) is 0.909. The molecule has 23 heavy (non-hydrogen) atoms. The van der Waals surface area contributed by atoms with E-state index in [1.165, 1.54) is 0 Å². The van der Waals surface area contributed by atoms with Crippen LogP contribution < -0.4 is 15.5 Å². The lowest BCUT2D eigenvalue weighted by atomic mass is 10.3. The third kappa shape index (κ3) is 4.20. The monoisotopic (exact) mass is 332 g/mol. The summed E-state index contributed by atoms with van der Waals surface area (Å²) in [5, 5.41) is 7.73. The first kappa shape index (κ1) is 15.8. The number of morpholine rings is 1. The summed E-state index contributed by atoms with van der Waals surface area (Å²) in [4.78, 5) is 19.7. The summed E-state index contributed by atoms with van der Waals surface area (Å²) in [6.07, 6.45) is 1.68. The number of amides is 2. The molecule has 3 rings (SSSR count). The molecule has 3 heterocycles. The van der Waals surface area contributed by atoms with Crippen LogP contribution in [-0.2, 0) is 4.74 Å². The van der Waals surface area contributed by atoms with Gasteiger partial charge in [-0.2, -0.15) is 0 Å². The molecule has 7 heteroatoms. The second-order valence-electron chi connectivity index (χ2n) is 5.34. The highest BCUT2D eigenvalue weighted by Gasteiger charge is 2.13. The summed E-state index contributed by atoms with van der Waals surface area (Å²) >= 11 is 1.63. The number of rotatable bonds is 4.